The average molecular weight is 387 g/mol. The Balaban J connectivity index is 1.55. The lowest BCUT2D eigenvalue weighted by atomic mass is 9.95. The number of nitrogens with zero attached hydrogens (tertiary/aromatic N) is 2. The molecule has 2 N–H and O–H groups in total. The summed E-state index contributed by atoms with van der Waals surface area (Å²) in [5.41, 5.74) is 1.24. The van der Waals surface area contributed by atoms with Crippen LogP contribution in [0.1, 0.15) is 71.1 Å². The van der Waals surface area contributed by atoms with Gasteiger partial charge in [-0.1, -0.05) is 44.4 Å². The zero-order valence-corrected chi connectivity index (χ0v) is 16.6. The van der Waals surface area contributed by atoms with Gasteiger partial charge in [-0.15, -0.1) is 10.2 Å². The van der Waals surface area contributed by atoms with E-state index in [1.807, 2.05) is 0 Å². The summed E-state index contributed by atoms with van der Waals surface area (Å²) >= 11 is 1.32. The molecule has 0 unspecified atom stereocenters. The topological polar surface area (TPSA) is 84.0 Å². The number of carbonyl (C=O) groups is 2. The van der Waals surface area contributed by atoms with Crippen molar-refractivity contribution in [2.24, 2.45) is 5.92 Å². The molecule has 1 aromatic carbocycles. The first-order valence-corrected chi connectivity index (χ1v) is 10.4. The molecule has 0 spiro atoms. The number of rotatable bonds is 6. The van der Waals surface area contributed by atoms with Crippen molar-refractivity contribution in [2.75, 3.05) is 5.32 Å². The highest BCUT2D eigenvalue weighted by atomic mass is 32.1. The first-order valence-electron chi connectivity index (χ1n) is 9.56. The second-order valence-electron chi connectivity index (χ2n) is 7.44. The summed E-state index contributed by atoms with van der Waals surface area (Å²) in [4.78, 5) is 24.7. The van der Waals surface area contributed by atoms with Crippen LogP contribution in [0.3, 0.4) is 0 Å². The summed E-state index contributed by atoms with van der Waals surface area (Å²) in [5.74, 6) is 0.144. The van der Waals surface area contributed by atoms with Gasteiger partial charge in [-0.2, -0.15) is 0 Å². The monoisotopic (exact) mass is 386 g/mol. The minimum atomic E-state index is -0.276. The van der Waals surface area contributed by atoms with Gasteiger partial charge < -0.3 is 10.6 Å². The van der Waals surface area contributed by atoms with E-state index >= 15 is 0 Å². The van der Waals surface area contributed by atoms with Gasteiger partial charge in [0.05, 0.1) is 0 Å². The van der Waals surface area contributed by atoms with Crippen LogP contribution in [0.4, 0.5) is 5.69 Å². The van der Waals surface area contributed by atoms with Crippen molar-refractivity contribution in [1.82, 2.24) is 15.5 Å². The lowest BCUT2D eigenvalue weighted by molar-refractivity contribution is 0.0927. The minimum Gasteiger partial charge on any atom is -0.349 e. The number of aromatic nitrogens is 2. The molecule has 0 radical (unpaired) electrons. The minimum absolute atomic E-state index is 0.0535. The van der Waals surface area contributed by atoms with E-state index in [1.165, 1.54) is 30.6 Å². The van der Waals surface area contributed by atoms with Crippen molar-refractivity contribution in [3.8, 4) is 0 Å². The summed E-state index contributed by atoms with van der Waals surface area (Å²) in [6.45, 7) is 4.21. The van der Waals surface area contributed by atoms with E-state index in [0.29, 0.717) is 22.2 Å². The number of amides is 2. The number of hydrogen-bond acceptors (Lipinski definition) is 5. The molecule has 7 heteroatoms. The predicted octanol–water partition coefficient (Wildman–Crippen LogP) is 4.05. The summed E-state index contributed by atoms with van der Waals surface area (Å²) in [5, 5.41) is 15.2. The lowest BCUT2D eigenvalue weighted by Crippen LogP contribution is -2.36. The van der Waals surface area contributed by atoms with Gasteiger partial charge in [0.1, 0.15) is 5.01 Å². The second kappa shape index (κ2) is 9.08. The fraction of sp³-hybridized carbons (Fsp3) is 0.500. The molecule has 1 saturated carbocycles. The molecule has 0 saturated heterocycles. The quantitative estimate of drug-likeness (QED) is 0.784. The molecule has 27 heavy (non-hydrogen) atoms. The van der Waals surface area contributed by atoms with Gasteiger partial charge in [0.2, 0.25) is 5.01 Å². The number of hydrogen-bond donors (Lipinski definition) is 2. The van der Waals surface area contributed by atoms with E-state index in [9.17, 15) is 9.59 Å². The molecule has 2 aromatic rings. The van der Waals surface area contributed by atoms with E-state index in [1.54, 1.807) is 24.3 Å². The maximum Gasteiger partial charge on any atom is 0.286 e. The van der Waals surface area contributed by atoms with E-state index in [-0.39, 0.29) is 17.9 Å². The van der Waals surface area contributed by atoms with Gasteiger partial charge in [0.15, 0.2) is 0 Å². The SMILES string of the molecule is CC(C)Cc1nnc(C(=O)Nc2ccc(C(=O)NC3CCCCC3)cc2)s1. The largest absolute Gasteiger partial charge is 0.349 e. The first-order chi connectivity index (χ1) is 13.0. The molecule has 3 rings (SSSR count). The van der Waals surface area contributed by atoms with Crippen molar-refractivity contribution in [1.29, 1.82) is 0 Å². The highest BCUT2D eigenvalue weighted by molar-refractivity contribution is 7.13. The van der Waals surface area contributed by atoms with Gasteiger partial charge in [0, 0.05) is 23.7 Å². The zero-order valence-electron chi connectivity index (χ0n) is 15.8. The van der Waals surface area contributed by atoms with E-state index < -0.39 is 0 Å². The van der Waals surface area contributed by atoms with Crippen LogP contribution >= 0.6 is 11.3 Å². The molecule has 0 aliphatic heterocycles. The van der Waals surface area contributed by atoms with Crippen LogP contribution < -0.4 is 10.6 Å². The summed E-state index contributed by atoms with van der Waals surface area (Å²) < 4.78 is 0. The van der Waals surface area contributed by atoms with Crippen LogP contribution in [-0.2, 0) is 6.42 Å². The highest BCUT2D eigenvalue weighted by Gasteiger charge is 2.17. The Kier molecular flexibility index (Phi) is 6.55. The van der Waals surface area contributed by atoms with Gasteiger partial charge in [-0.25, -0.2) is 0 Å². The summed E-state index contributed by atoms with van der Waals surface area (Å²) in [6.07, 6.45) is 6.55. The standard InChI is InChI=1S/C20H26N4O2S/c1-13(2)12-17-23-24-20(27-17)19(26)22-16-10-8-14(9-11-16)18(25)21-15-6-4-3-5-7-15/h8-11,13,15H,3-7,12H2,1-2H3,(H,21,25)(H,22,26). The molecule has 1 aromatic heterocycles. The summed E-state index contributed by atoms with van der Waals surface area (Å²) in [7, 11) is 0. The molecule has 2 amide bonds. The van der Waals surface area contributed by atoms with E-state index in [0.717, 1.165) is 24.3 Å². The molecule has 144 valence electrons. The van der Waals surface area contributed by atoms with Gasteiger partial charge in [0.25, 0.3) is 11.8 Å². The van der Waals surface area contributed by atoms with Crippen LogP contribution in [0.25, 0.3) is 0 Å². The molecular weight excluding hydrogens is 360 g/mol. The van der Waals surface area contributed by atoms with E-state index in [4.69, 9.17) is 0 Å². The number of nitrogens with one attached hydrogen (secondary N) is 2. The summed E-state index contributed by atoms with van der Waals surface area (Å²) in [6, 6.07) is 7.23. The fourth-order valence-electron chi connectivity index (χ4n) is 3.18. The molecule has 1 heterocycles. The third kappa shape index (κ3) is 5.60. The average Bonchev–Trinajstić information content (AvgIpc) is 3.11. The van der Waals surface area contributed by atoms with Crippen molar-refractivity contribution in [3.63, 3.8) is 0 Å². The Morgan fingerprint density at radius 2 is 1.78 bits per heavy atom. The molecule has 0 bridgehead atoms. The van der Waals surface area contributed by atoms with Crippen LogP contribution in [0, 0.1) is 5.92 Å². The Bertz CT molecular complexity index is 780. The predicted molar refractivity (Wildman–Crippen MR) is 107 cm³/mol. The maximum atomic E-state index is 12.3. The van der Waals surface area contributed by atoms with Crippen molar-refractivity contribution >= 4 is 28.8 Å². The van der Waals surface area contributed by atoms with Crippen LogP contribution in [0.5, 0.6) is 0 Å². The van der Waals surface area contributed by atoms with Crippen LogP contribution in [-0.4, -0.2) is 28.1 Å². The Hall–Kier alpha value is -2.28. The lowest BCUT2D eigenvalue weighted by Gasteiger charge is -2.22. The molecule has 6 nitrogen and oxygen atoms in total. The Morgan fingerprint density at radius 1 is 1.07 bits per heavy atom. The molecule has 1 fully saturated rings. The smallest absolute Gasteiger partial charge is 0.286 e. The molecule has 1 aliphatic rings. The van der Waals surface area contributed by atoms with Crippen molar-refractivity contribution in [3.05, 3.63) is 39.8 Å². The van der Waals surface area contributed by atoms with Gasteiger partial charge in [-0.3, -0.25) is 9.59 Å². The van der Waals surface area contributed by atoms with Crippen LogP contribution in [0.15, 0.2) is 24.3 Å². The Morgan fingerprint density at radius 3 is 2.44 bits per heavy atom. The van der Waals surface area contributed by atoms with Crippen LogP contribution in [0.2, 0.25) is 0 Å². The first kappa shape index (κ1) is 19.5. The maximum absolute atomic E-state index is 12.3. The number of carbonyl (C=O) groups excluding carboxylic acids is 2. The third-order valence-electron chi connectivity index (χ3n) is 4.59. The molecule has 1 aliphatic carbocycles. The normalized spacial score (nSPS) is 14.9. The van der Waals surface area contributed by atoms with Crippen molar-refractivity contribution in [2.45, 2.75) is 58.4 Å². The number of benzene rings is 1. The number of anilines is 1. The highest BCUT2D eigenvalue weighted by Crippen LogP contribution is 2.19. The Labute approximate surface area is 163 Å². The van der Waals surface area contributed by atoms with Gasteiger partial charge >= 0.3 is 0 Å². The van der Waals surface area contributed by atoms with Gasteiger partial charge in [-0.05, 0) is 43.0 Å². The third-order valence-corrected chi connectivity index (χ3v) is 5.53. The second-order valence-corrected chi connectivity index (χ2v) is 8.50. The molecule has 0 atom stereocenters. The fourth-order valence-corrected chi connectivity index (χ4v) is 4.13. The van der Waals surface area contributed by atoms with E-state index in [2.05, 4.69) is 34.7 Å². The zero-order chi connectivity index (χ0) is 19.2. The molecular formula is C20H26N4O2S. The van der Waals surface area contributed by atoms with Crippen molar-refractivity contribution < 1.29 is 9.59 Å².